The second-order valence-corrected chi connectivity index (χ2v) is 7.37. The van der Waals surface area contributed by atoms with Gasteiger partial charge in [0.1, 0.15) is 4.90 Å². The lowest BCUT2D eigenvalue weighted by Crippen LogP contribution is -2.33. The fourth-order valence-electron chi connectivity index (χ4n) is 2.68. The van der Waals surface area contributed by atoms with Crippen LogP contribution in [-0.4, -0.2) is 29.9 Å². The molecule has 1 aliphatic rings. The van der Waals surface area contributed by atoms with Gasteiger partial charge in [-0.25, -0.2) is 8.42 Å². The van der Waals surface area contributed by atoms with Gasteiger partial charge in [-0.15, -0.1) is 0 Å². The van der Waals surface area contributed by atoms with E-state index in [0.717, 1.165) is 18.5 Å². The van der Waals surface area contributed by atoms with Crippen molar-refractivity contribution in [3.8, 4) is 0 Å². The molecular weight excluding hydrogens is 262 g/mol. The molecule has 108 valence electrons. The van der Waals surface area contributed by atoms with Crippen molar-refractivity contribution in [3.63, 3.8) is 0 Å². The SMILES string of the molecule is CC1CCCN1S(=O)(=O)c1cc(CN)n(C(C)C)c1. The zero-order chi connectivity index (χ0) is 14.2. The second kappa shape index (κ2) is 5.26. The Morgan fingerprint density at radius 1 is 1.47 bits per heavy atom. The molecule has 0 bridgehead atoms. The third-order valence-corrected chi connectivity index (χ3v) is 5.75. The fourth-order valence-corrected chi connectivity index (χ4v) is 4.43. The molecule has 5 nitrogen and oxygen atoms in total. The van der Waals surface area contributed by atoms with Crippen LogP contribution < -0.4 is 5.73 Å². The number of aromatic nitrogens is 1. The molecule has 1 aliphatic heterocycles. The minimum atomic E-state index is -3.38. The summed E-state index contributed by atoms with van der Waals surface area (Å²) in [5.41, 5.74) is 6.56. The van der Waals surface area contributed by atoms with E-state index in [2.05, 4.69) is 0 Å². The maximum atomic E-state index is 12.6. The molecule has 2 N–H and O–H groups in total. The van der Waals surface area contributed by atoms with Crippen LogP contribution in [0.2, 0.25) is 0 Å². The highest BCUT2D eigenvalue weighted by molar-refractivity contribution is 7.89. The first-order valence-electron chi connectivity index (χ1n) is 6.80. The Labute approximate surface area is 115 Å². The Balaban J connectivity index is 2.41. The number of rotatable bonds is 4. The van der Waals surface area contributed by atoms with Crippen molar-refractivity contribution in [3.05, 3.63) is 18.0 Å². The lowest BCUT2D eigenvalue weighted by atomic mass is 10.3. The highest BCUT2D eigenvalue weighted by Crippen LogP contribution is 2.27. The smallest absolute Gasteiger partial charge is 0.244 e. The van der Waals surface area contributed by atoms with Gasteiger partial charge in [-0.3, -0.25) is 0 Å². The highest BCUT2D eigenvalue weighted by Gasteiger charge is 2.33. The number of nitrogens with zero attached hydrogens (tertiary/aromatic N) is 2. The van der Waals surface area contributed by atoms with E-state index in [0.29, 0.717) is 18.0 Å². The normalized spacial score (nSPS) is 21.4. The first-order chi connectivity index (χ1) is 8.87. The van der Waals surface area contributed by atoms with Gasteiger partial charge >= 0.3 is 0 Å². The maximum Gasteiger partial charge on any atom is 0.244 e. The number of hydrogen-bond acceptors (Lipinski definition) is 3. The lowest BCUT2D eigenvalue weighted by molar-refractivity contribution is 0.408. The Kier molecular flexibility index (Phi) is 4.03. The molecule has 2 rings (SSSR count). The molecule has 0 radical (unpaired) electrons. The average molecular weight is 285 g/mol. The van der Waals surface area contributed by atoms with Crippen LogP contribution in [0, 0.1) is 0 Å². The first kappa shape index (κ1) is 14.6. The summed E-state index contributed by atoms with van der Waals surface area (Å²) in [5.74, 6) is 0. The van der Waals surface area contributed by atoms with Crippen LogP contribution in [0.4, 0.5) is 0 Å². The molecule has 0 aliphatic carbocycles. The molecule has 1 aromatic heterocycles. The standard InChI is InChI=1S/C13H23N3O2S/c1-10(2)15-9-13(7-12(15)8-14)19(17,18)16-6-4-5-11(16)3/h7,9-11H,4-6,8,14H2,1-3H3. The van der Waals surface area contributed by atoms with Gasteiger partial charge in [0.25, 0.3) is 0 Å². The van der Waals surface area contributed by atoms with Crippen molar-refractivity contribution in [1.29, 1.82) is 0 Å². The van der Waals surface area contributed by atoms with Gasteiger partial charge in [-0.1, -0.05) is 0 Å². The van der Waals surface area contributed by atoms with E-state index >= 15 is 0 Å². The molecule has 2 heterocycles. The molecule has 0 aromatic carbocycles. The number of sulfonamides is 1. The summed E-state index contributed by atoms with van der Waals surface area (Å²) in [5, 5.41) is 0. The topological polar surface area (TPSA) is 68.3 Å². The third-order valence-electron chi connectivity index (χ3n) is 3.77. The predicted octanol–water partition coefficient (Wildman–Crippen LogP) is 1.70. The molecule has 1 unspecified atom stereocenters. The zero-order valence-electron chi connectivity index (χ0n) is 11.8. The Morgan fingerprint density at radius 2 is 2.16 bits per heavy atom. The van der Waals surface area contributed by atoms with E-state index in [-0.39, 0.29) is 12.1 Å². The third kappa shape index (κ3) is 2.57. The van der Waals surface area contributed by atoms with Crippen LogP contribution in [0.25, 0.3) is 0 Å². The summed E-state index contributed by atoms with van der Waals surface area (Å²) in [4.78, 5) is 0.371. The largest absolute Gasteiger partial charge is 0.346 e. The summed E-state index contributed by atoms with van der Waals surface area (Å²) >= 11 is 0. The van der Waals surface area contributed by atoms with E-state index in [1.54, 1.807) is 16.6 Å². The van der Waals surface area contributed by atoms with Crippen LogP contribution in [0.5, 0.6) is 0 Å². The highest BCUT2D eigenvalue weighted by atomic mass is 32.2. The molecule has 1 atom stereocenters. The summed E-state index contributed by atoms with van der Waals surface area (Å²) < 4.78 is 28.8. The van der Waals surface area contributed by atoms with Gasteiger partial charge in [0.2, 0.25) is 10.0 Å². The first-order valence-corrected chi connectivity index (χ1v) is 8.24. The fraction of sp³-hybridized carbons (Fsp3) is 0.692. The van der Waals surface area contributed by atoms with E-state index < -0.39 is 10.0 Å². The van der Waals surface area contributed by atoms with E-state index in [1.807, 2.05) is 25.3 Å². The lowest BCUT2D eigenvalue weighted by Gasteiger charge is -2.20. The van der Waals surface area contributed by atoms with Crippen molar-refractivity contribution < 1.29 is 8.42 Å². The summed E-state index contributed by atoms with van der Waals surface area (Å²) in [6, 6.07) is 2.01. The van der Waals surface area contributed by atoms with Crippen LogP contribution in [-0.2, 0) is 16.6 Å². The minimum Gasteiger partial charge on any atom is -0.346 e. The van der Waals surface area contributed by atoms with E-state index in [9.17, 15) is 8.42 Å². The van der Waals surface area contributed by atoms with Gasteiger partial charge in [-0.05, 0) is 39.7 Å². The van der Waals surface area contributed by atoms with Gasteiger partial charge in [0.15, 0.2) is 0 Å². The van der Waals surface area contributed by atoms with Crippen molar-refractivity contribution in [2.75, 3.05) is 6.54 Å². The van der Waals surface area contributed by atoms with E-state index in [1.165, 1.54) is 0 Å². The van der Waals surface area contributed by atoms with Gasteiger partial charge in [-0.2, -0.15) is 4.31 Å². The molecule has 0 amide bonds. The van der Waals surface area contributed by atoms with Crippen molar-refractivity contribution in [2.24, 2.45) is 5.73 Å². The van der Waals surface area contributed by atoms with Crippen molar-refractivity contribution >= 4 is 10.0 Å². The van der Waals surface area contributed by atoms with Gasteiger partial charge < -0.3 is 10.3 Å². The zero-order valence-corrected chi connectivity index (χ0v) is 12.7. The average Bonchev–Trinajstić information content (AvgIpc) is 2.94. The Bertz CT molecular complexity index is 548. The van der Waals surface area contributed by atoms with Gasteiger partial charge in [0.05, 0.1) is 0 Å². The Morgan fingerprint density at radius 3 is 2.58 bits per heavy atom. The van der Waals surface area contributed by atoms with Crippen LogP contribution >= 0.6 is 0 Å². The predicted molar refractivity (Wildman–Crippen MR) is 75.3 cm³/mol. The minimum absolute atomic E-state index is 0.0914. The number of nitrogens with two attached hydrogens (primary N) is 1. The van der Waals surface area contributed by atoms with Gasteiger partial charge in [0, 0.05) is 37.1 Å². The monoisotopic (exact) mass is 285 g/mol. The molecular formula is C13H23N3O2S. The van der Waals surface area contributed by atoms with Crippen molar-refractivity contribution in [2.45, 2.75) is 57.1 Å². The Hall–Kier alpha value is -0.850. The summed E-state index contributed by atoms with van der Waals surface area (Å²) in [6.45, 7) is 6.98. The number of hydrogen-bond donors (Lipinski definition) is 1. The van der Waals surface area contributed by atoms with Crippen molar-refractivity contribution in [1.82, 2.24) is 8.87 Å². The summed E-state index contributed by atoms with van der Waals surface area (Å²) in [7, 11) is -3.38. The summed E-state index contributed by atoms with van der Waals surface area (Å²) in [6.07, 6.45) is 3.59. The van der Waals surface area contributed by atoms with Crippen LogP contribution in [0.15, 0.2) is 17.2 Å². The molecule has 1 saturated heterocycles. The van der Waals surface area contributed by atoms with E-state index in [4.69, 9.17) is 5.73 Å². The molecule has 1 aromatic rings. The molecule has 1 fully saturated rings. The van der Waals surface area contributed by atoms with Crippen LogP contribution in [0.1, 0.15) is 45.3 Å². The molecule has 0 saturated carbocycles. The van der Waals surface area contributed by atoms with Crippen LogP contribution in [0.3, 0.4) is 0 Å². The molecule has 0 spiro atoms. The maximum absolute atomic E-state index is 12.6. The quantitative estimate of drug-likeness (QED) is 0.915. The molecule has 19 heavy (non-hydrogen) atoms. The second-order valence-electron chi connectivity index (χ2n) is 5.48. The molecule has 6 heteroatoms.